The van der Waals surface area contributed by atoms with Gasteiger partial charge in [-0.15, -0.1) is 5.06 Å². The van der Waals surface area contributed by atoms with Crippen LogP contribution in [0.3, 0.4) is 0 Å². The van der Waals surface area contributed by atoms with Crippen molar-refractivity contribution < 1.29 is 19.2 Å². The highest BCUT2D eigenvalue weighted by molar-refractivity contribution is 6.02. The molecule has 1 aliphatic heterocycles. The van der Waals surface area contributed by atoms with Crippen LogP contribution in [-0.2, 0) is 14.4 Å². The van der Waals surface area contributed by atoms with E-state index in [-0.39, 0.29) is 18.4 Å². The molecule has 0 N–H and O–H groups in total. The van der Waals surface area contributed by atoms with Gasteiger partial charge in [0.15, 0.2) is 0 Å². The number of nitrogens with zero attached hydrogens (tertiary/aromatic N) is 2. The van der Waals surface area contributed by atoms with E-state index in [0.717, 1.165) is 0 Å². The average molecular weight is 219 g/mol. The normalized spacial score (nSPS) is 15.4. The maximum atomic E-state index is 11.5. The van der Waals surface area contributed by atoms with Gasteiger partial charge in [0.05, 0.1) is 5.56 Å². The fourth-order valence-corrected chi connectivity index (χ4v) is 1.23. The van der Waals surface area contributed by atoms with Gasteiger partial charge in [-0.1, -0.05) is 0 Å². The molecule has 0 aromatic carbocycles. The lowest BCUT2D eigenvalue weighted by Crippen LogP contribution is -2.32. The molecule has 2 heterocycles. The van der Waals surface area contributed by atoms with E-state index in [9.17, 15) is 14.4 Å². The van der Waals surface area contributed by atoms with Crippen molar-refractivity contribution in [3.63, 3.8) is 0 Å². The molecule has 1 fully saturated rings. The molecule has 1 saturated heterocycles. The molecular formula is C10H7N2O4. The molecule has 1 aromatic rings. The predicted molar refractivity (Wildman–Crippen MR) is 49.6 cm³/mol. The number of rotatable bonds is 2. The third-order valence-corrected chi connectivity index (χ3v) is 2.01. The fraction of sp³-hybridized carbons (Fsp3) is 0.200. The summed E-state index contributed by atoms with van der Waals surface area (Å²) in [6, 6.07) is 2.96. The van der Waals surface area contributed by atoms with Gasteiger partial charge in [-0.25, -0.2) is 4.79 Å². The van der Waals surface area contributed by atoms with E-state index < -0.39 is 17.8 Å². The Labute approximate surface area is 90.8 Å². The summed E-state index contributed by atoms with van der Waals surface area (Å²) in [5.41, 5.74) is 0.0648. The van der Waals surface area contributed by atoms with Gasteiger partial charge in [0.25, 0.3) is 11.8 Å². The van der Waals surface area contributed by atoms with E-state index in [1.54, 1.807) is 0 Å². The first kappa shape index (κ1) is 10.3. The lowest BCUT2D eigenvalue weighted by molar-refractivity contribution is -0.172. The Morgan fingerprint density at radius 2 is 2.06 bits per heavy atom. The second-order valence-corrected chi connectivity index (χ2v) is 3.12. The highest BCUT2D eigenvalue weighted by atomic mass is 16.7. The number of imide groups is 1. The topological polar surface area (TPSA) is 76.6 Å². The van der Waals surface area contributed by atoms with Crippen molar-refractivity contribution >= 4 is 17.8 Å². The van der Waals surface area contributed by atoms with Crippen LogP contribution in [0.4, 0.5) is 0 Å². The molecule has 1 aromatic heterocycles. The van der Waals surface area contributed by atoms with Crippen molar-refractivity contribution in [1.29, 1.82) is 0 Å². The summed E-state index contributed by atoms with van der Waals surface area (Å²) in [6.07, 6.45) is 3.99. The summed E-state index contributed by atoms with van der Waals surface area (Å²) in [5, 5.41) is 0.489. The second kappa shape index (κ2) is 4.09. The third-order valence-electron chi connectivity index (χ3n) is 2.01. The van der Waals surface area contributed by atoms with Crippen molar-refractivity contribution in [2.75, 3.05) is 0 Å². The minimum absolute atomic E-state index is 0.0648. The van der Waals surface area contributed by atoms with Crippen LogP contribution in [0.15, 0.2) is 18.3 Å². The van der Waals surface area contributed by atoms with E-state index in [1.165, 1.54) is 18.3 Å². The molecule has 0 atom stereocenters. The first-order chi connectivity index (χ1) is 7.68. The fourth-order valence-electron chi connectivity index (χ4n) is 1.23. The summed E-state index contributed by atoms with van der Waals surface area (Å²) in [4.78, 5) is 42.0. The first-order valence-electron chi connectivity index (χ1n) is 4.59. The van der Waals surface area contributed by atoms with Crippen LogP contribution in [0.5, 0.6) is 0 Å². The summed E-state index contributed by atoms with van der Waals surface area (Å²) >= 11 is 0. The molecule has 0 aliphatic carbocycles. The lowest BCUT2D eigenvalue weighted by Gasteiger charge is -2.11. The van der Waals surface area contributed by atoms with Gasteiger partial charge >= 0.3 is 5.97 Å². The average Bonchev–Trinajstić information content (AvgIpc) is 2.62. The standard InChI is InChI=1S/C10H7N2O4/c13-8-3-4-9(14)12(8)16-10(15)7-2-1-5-11-6-7/h1-2,5H,3-4H2. The largest absolute Gasteiger partial charge is 0.366 e. The van der Waals surface area contributed by atoms with Crippen LogP contribution < -0.4 is 0 Å². The molecule has 1 radical (unpaired) electrons. The Bertz CT molecular complexity index is 427. The molecule has 16 heavy (non-hydrogen) atoms. The summed E-state index contributed by atoms with van der Waals surface area (Å²) < 4.78 is 0. The Kier molecular flexibility index (Phi) is 2.63. The van der Waals surface area contributed by atoms with Gasteiger partial charge < -0.3 is 4.84 Å². The minimum Gasteiger partial charge on any atom is -0.325 e. The van der Waals surface area contributed by atoms with Crippen molar-refractivity contribution in [2.45, 2.75) is 12.8 Å². The third kappa shape index (κ3) is 1.90. The summed E-state index contributed by atoms with van der Waals surface area (Å²) in [6.45, 7) is 0. The number of carbonyl (C=O) groups is 3. The number of hydrogen-bond donors (Lipinski definition) is 0. The predicted octanol–water partition coefficient (Wildman–Crippen LogP) is 0.103. The Hall–Kier alpha value is -2.24. The molecular weight excluding hydrogens is 212 g/mol. The molecule has 6 nitrogen and oxygen atoms in total. The number of amides is 2. The quantitative estimate of drug-likeness (QED) is 0.659. The SMILES string of the molecule is O=C(ON1C(=O)CCC1=O)c1[c]nccc1. The summed E-state index contributed by atoms with van der Waals surface area (Å²) in [7, 11) is 0. The van der Waals surface area contributed by atoms with Gasteiger partial charge in [0.1, 0.15) is 6.20 Å². The van der Waals surface area contributed by atoms with Crippen LogP contribution in [0.1, 0.15) is 23.2 Å². The Morgan fingerprint density at radius 1 is 1.38 bits per heavy atom. The number of pyridine rings is 1. The zero-order valence-corrected chi connectivity index (χ0v) is 8.17. The molecule has 2 rings (SSSR count). The van der Waals surface area contributed by atoms with Crippen LogP contribution in [0.25, 0.3) is 0 Å². The number of carbonyl (C=O) groups excluding carboxylic acids is 3. The molecule has 1 aliphatic rings. The zero-order chi connectivity index (χ0) is 11.5. The minimum atomic E-state index is -0.822. The first-order valence-corrected chi connectivity index (χ1v) is 4.59. The highest BCUT2D eigenvalue weighted by Crippen LogP contribution is 2.13. The molecule has 0 spiro atoms. The van der Waals surface area contributed by atoms with Crippen molar-refractivity contribution in [3.8, 4) is 0 Å². The number of aromatic nitrogens is 1. The molecule has 6 heteroatoms. The van der Waals surface area contributed by atoms with Crippen molar-refractivity contribution in [3.05, 3.63) is 30.1 Å². The van der Waals surface area contributed by atoms with Gasteiger partial charge in [-0.05, 0) is 12.1 Å². The molecule has 0 unspecified atom stereocenters. The molecule has 2 amide bonds. The maximum Gasteiger partial charge on any atom is 0.366 e. The van der Waals surface area contributed by atoms with E-state index in [4.69, 9.17) is 0 Å². The van der Waals surface area contributed by atoms with Gasteiger partial charge in [-0.3, -0.25) is 14.6 Å². The van der Waals surface area contributed by atoms with Crippen LogP contribution in [0, 0.1) is 6.20 Å². The zero-order valence-electron chi connectivity index (χ0n) is 8.17. The van der Waals surface area contributed by atoms with Crippen molar-refractivity contribution in [2.24, 2.45) is 0 Å². The van der Waals surface area contributed by atoms with Gasteiger partial charge in [0, 0.05) is 19.0 Å². The maximum absolute atomic E-state index is 11.5. The molecule has 0 bridgehead atoms. The number of hydroxylamine groups is 2. The van der Waals surface area contributed by atoms with E-state index >= 15 is 0 Å². The van der Waals surface area contributed by atoms with Gasteiger partial charge in [-0.2, -0.15) is 0 Å². The van der Waals surface area contributed by atoms with E-state index in [1.807, 2.05) is 0 Å². The second-order valence-electron chi connectivity index (χ2n) is 3.12. The van der Waals surface area contributed by atoms with E-state index in [2.05, 4.69) is 16.0 Å². The lowest BCUT2D eigenvalue weighted by atomic mass is 10.3. The van der Waals surface area contributed by atoms with Gasteiger partial charge in [0.2, 0.25) is 0 Å². The Balaban J connectivity index is 2.08. The van der Waals surface area contributed by atoms with Crippen LogP contribution in [0.2, 0.25) is 0 Å². The highest BCUT2D eigenvalue weighted by Gasteiger charge is 2.33. The molecule has 81 valence electrons. The monoisotopic (exact) mass is 219 g/mol. The van der Waals surface area contributed by atoms with Crippen LogP contribution in [-0.4, -0.2) is 27.8 Å². The number of hydrogen-bond acceptors (Lipinski definition) is 5. The molecule has 0 saturated carbocycles. The van der Waals surface area contributed by atoms with E-state index in [0.29, 0.717) is 5.06 Å². The Morgan fingerprint density at radius 3 is 2.62 bits per heavy atom. The van der Waals surface area contributed by atoms with Crippen LogP contribution >= 0.6 is 0 Å². The van der Waals surface area contributed by atoms with Crippen molar-refractivity contribution in [1.82, 2.24) is 10.0 Å². The summed E-state index contributed by atoms with van der Waals surface area (Å²) in [5.74, 6) is -1.85. The smallest absolute Gasteiger partial charge is 0.325 e.